The smallest absolute Gasteiger partial charge is 0.0483 e. The van der Waals surface area contributed by atoms with Crippen LogP contribution in [0.1, 0.15) is 32.8 Å². The summed E-state index contributed by atoms with van der Waals surface area (Å²) >= 11 is 0. The van der Waals surface area contributed by atoms with Gasteiger partial charge in [-0.2, -0.15) is 0 Å². The molecule has 2 nitrogen and oxygen atoms in total. The van der Waals surface area contributed by atoms with E-state index in [9.17, 15) is 0 Å². The van der Waals surface area contributed by atoms with Gasteiger partial charge in [0, 0.05) is 29.7 Å². The number of rotatable bonds is 5. The summed E-state index contributed by atoms with van der Waals surface area (Å²) in [7, 11) is 0. The van der Waals surface area contributed by atoms with Gasteiger partial charge in [-0.05, 0) is 43.4 Å². The maximum atomic E-state index is 5.91. The third-order valence-electron chi connectivity index (χ3n) is 3.39. The van der Waals surface area contributed by atoms with Crippen LogP contribution in [-0.4, -0.2) is 10.6 Å². The molecule has 1 unspecified atom stereocenters. The van der Waals surface area contributed by atoms with Gasteiger partial charge in [0.1, 0.15) is 0 Å². The van der Waals surface area contributed by atoms with Crippen LogP contribution in [0.5, 0.6) is 0 Å². The Morgan fingerprint density at radius 1 is 1.17 bits per heavy atom. The van der Waals surface area contributed by atoms with Gasteiger partial charge in [-0.25, -0.2) is 0 Å². The Labute approximate surface area is 110 Å². The average Bonchev–Trinajstić information content (AvgIpc) is 2.70. The first-order chi connectivity index (χ1) is 8.58. The minimum Gasteiger partial charge on any atom is -0.347 e. The van der Waals surface area contributed by atoms with Crippen molar-refractivity contribution in [2.24, 2.45) is 11.7 Å². The van der Waals surface area contributed by atoms with Gasteiger partial charge in [0.25, 0.3) is 0 Å². The standard InChI is InChI=1S/C16H24N2/c1-12(2)7-9-18-10-8-15-14(11-13(3)17)5-4-6-16(15)18/h4-6,8,10,12-13H,7,9,11,17H2,1-3H3. The number of hydrogen-bond acceptors (Lipinski definition) is 1. The van der Waals surface area contributed by atoms with Gasteiger partial charge in [0.15, 0.2) is 0 Å². The Morgan fingerprint density at radius 2 is 1.94 bits per heavy atom. The lowest BCUT2D eigenvalue weighted by Gasteiger charge is -2.10. The van der Waals surface area contributed by atoms with E-state index in [1.165, 1.54) is 22.9 Å². The fraction of sp³-hybridized carbons (Fsp3) is 0.500. The summed E-state index contributed by atoms with van der Waals surface area (Å²) in [5, 5.41) is 1.36. The number of aromatic nitrogens is 1. The van der Waals surface area contributed by atoms with Gasteiger partial charge in [-0.3, -0.25) is 0 Å². The van der Waals surface area contributed by atoms with Crippen molar-refractivity contribution >= 4 is 10.9 Å². The monoisotopic (exact) mass is 244 g/mol. The largest absolute Gasteiger partial charge is 0.347 e. The normalized spacial score (nSPS) is 13.4. The lowest BCUT2D eigenvalue weighted by atomic mass is 10.0. The summed E-state index contributed by atoms with van der Waals surface area (Å²) in [6, 6.07) is 8.99. The lowest BCUT2D eigenvalue weighted by Crippen LogP contribution is -2.17. The molecule has 0 saturated carbocycles. The number of fused-ring (bicyclic) bond motifs is 1. The Hall–Kier alpha value is -1.28. The van der Waals surface area contributed by atoms with Crippen LogP contribution in [0.3, 0.4) is 0 Å². The quantitative estimate of drug-likeness (QED) is 0.856. The fourth-order valence-electron chi connectivity index (χ4n) is 2.40. The minimum absolute atomic E-state index is 0.217. The third-order valence-corrected chi connectivity index (χ3v) is 3.39. The molecule has 2 aromatic rings. The van der Waals surface area contributed by atoms with Gasteiger partial charge in [0.05, 0.1) is 0 Å². The molecule has 1 aromatic heterocycles. The van der Waals surface area contributed by atoms with Gasteiger partial charge in [0.2, 0.25) is 0 Å². The fourth-order valence-corrected chi connectivity index (χ4v) is 2.40. The summed E-state index contributed by atoms with van der Waals surface area (Å²) in [5.41, 5.74) is 8.62. The molecule has 0 bridgehead atoms. The summed E-state index contributed by atoms with van der Waals surface area (Å²) in [6.45, 7) is 7.71. The van der Waals surface area contributed by atoms with Gasteiger partial charge >= 0.3 is 0 Å². The van der Waals surface area contributed by atoms with E-state index in [-0.39, 0.29) is 6.04 Å². The molecule has 0 aliphatic rings. The van der Waals surface area contributed by atoms with E-state index in [4.69, 9.17) is 5.73 Å². The van der Waals surface area contributed by atoms with Crippen molar-refractivity contribution < 1.29 is 0 Å². The summed E-state index contributed by atoms with van der Waals surface area (Å²) in [4.78, 5) is 0. The number of aryl methyl sites for hydroxylation is 1. The molecule has 0 fully saturated rings. The van der Waals surface area contributed by atoms with Crippen LogP contribution < -0.4 is 5.73 Å². The van der Waals surface area contributed by atoms with E-state index in [0.29, 0.717) is 0 Å². The number of hydrogen-bond donors (Lipinski definition) is 1. The Morgan fingerprint density at radius 3 is 2.61 bits per heavy atom. The highest BCUT2D eigenvalue weighted by Gasteiger charge is 2.07. The molecular weight excluding hydrogens is 220 g/mol. The summed E-state index contributed by atoms with van der Waals surface area (Å²) in [5.74, 6) is 0.745. The predicted molar refractivity (Wildman–Crippen MR) is 78.7 cm³/mol. The molecule has 1 aromatic carbocycles. The number of nitrogens with two attached hydrogens (primary N) is 1. The molecule has 0 spiro atoms. The number of nitrogens with zero attached hydrogens (tertiary/aromatic N) is 1. The summed E-state index contributed by atoms with van der Waals surface area (Å²) in [6.07, 6.45) is 4.38. The number of benzene rings is 1. The van der Waals surface area contributed by atoms with Gasteiger partial charge in [-0.1, -0.05) is 26.0 Å². The van der Waals surface area contributed by atoms with Crippen LogP contribution >= 0.6 is 0 Å². The molecule has 98 valence electrons. The molecule has 0 amide bonds. The van der Waals surface area contributed by atoms with Crippen molar-refractivity contribution in [1.82, 2.24) is 4.57 Å². The first kappa shape index (κ1) is 13.2. The van der Waals surface area contributed by atoms with Gasteiger partial charge < -0.3 is 10.3 Å². The highest BCUT2D eigenvalue weighted by molar-refractivity contribution is 5.83. The molecule has 18 heavy (non-hydrogen) atoms. The van der Waals surface area contributed by atoms with Gasteiger partial charge in [-0.15, -0.1) is 0 Å². The van der Waals surface area contributed by atoms with E-state index in [2.05, 4.69) is 55.8 Å². The highest BCUT2D eigenvalue weighted by atomic mass is 14.9. The van der Waals surface area contributed by atoms with E-state index >= 15 is 0 Å². The topological polar surface area (TPSA) is 30.9 Å². The zero-order valence-electron chi connectivity index (χ0n) is 11.7. The van der Waals surface area contributed by atoms with Crippen LogP contribution in [0.25, 0.3) is 10.9 Å². The zero-order valence-corrected chi connectivity index (χ0v) is 11.7. The second-order valence-corrected chi connectivity index (χ2v) is 5.72. The predicted octanol–water partition coefficient (Wildman–Crippen LogP) is 3.58. The first-order valence-electron chi connectivity index (χ1n) is 6.90. The van der Waals surface area contributed by atoms with Crippen LogP contribution in [-0.2, 0) is 13.0 Å². The summed E-state index contributed by atoms with van der Waals surface area (Å²) < 4.78 is 2.36. The zero-order chi connectivity index (χ0) is 13.1. The minimum atomic E-state index is 0.217. The second-order valence-electron chi connectivity index (χ2n) is 5.72. The molecule has 2 rings (SSSR count). The van der Waals surface area contributed by atoms with Crippen LogP contribution in [0.2, 0.25) is 0 Å². The van der Waals surface area contributed by atoms with E-state index in [1.807, 2.05) is 0 Å². The van der Waals surface area contributed by atoms with E-state index in [0.717, 1.165) is 18.9 Å². The van der Waals surface area contributed by atoms with Crippen molar-refractivity contribution in [3.05, 3.63) is 36.0 Å². The first-order valence-corrected chi connectivity index (χ1v) is 6.90. The van der Waals surface area contributed by atoms with Crippen molar-refractivity contribution in [1.29, 1.82) is 0 Å². The van der Waals surface area contributed by atoms with Crippen LogP contribution in [0.15, 0.2) is 30.5 Å². The van der Waals surface area contributed by atoms with Crippen molar-refractivity contribution in [3.8, 4) is 0 Å². The molecule has 1 heterocycles. The maximum Gasteiger partial charge on any atom is 0.0483 e. The van der Waals surface area contributed by atoms with Crippen molar-refractivity contribution in [2.45, 2.75) is 46.2 Å². The van der Waals surface area contributed by atoms with Crippen molar-refractivity contribution in [3.63, 3.8) is 0 Å². The van der Waals surface area contributed by atoms with E-state index < -0.39 is 0 Å². The molecule has 0 aliphatic heterocycles. The van der Waals surface area contributed by atoms with Crippen LogP contribution in [0, 0.1) is 5.92 Å². The molecule has 0 aliphatic carbocycles. The van der Waals surface area contributed by atoms with E-state index in [1.54, 1.807) is 0 Å². The van der Waals surface area contributed by atoms with Crippen molar-refractivity contribution in [2.75, 3.05) is 0 Å². The highest BCUT2D eigenvalue weighted by Crippen LogP contribution is 2.22. The molecular formula is C16H24N2. The SMILES string of the molecule is CC(C)CCn1ccc2c(CC(C)N)cccc21. The maximum absolute atomic E-state index is 5.91. The molecule has 1 atom stereocenters. The molecule has 0 saturated heterocycles. The molecule has 2 N–H and O–H groups in total. The Bertz CT molecular complexity index is 509. The Kier molecular flexibility index (Phi) is 4.07. The second kappa shape index (κ2) is 5.57. The molecule has 2 heteroatoms. The third kappa shape index (κ3) is 2.94. The Balaban J connectivity index is 2.30. The molecule has 0 radical (unpaired) electrons. The lowest BCUT2D eigenvalue weighted by molar-refractivity contribution is 0.524. The average molecular weight is 244 g/mol. The van der Waals surface area contributed by atoms with Crippen LogP contribution in [0.4, 0.5) is 0 Å².